The third-order valence-corrected chi connectivity index (χ3v) is 3.33. The zero-order valence-corrected chi connectivity index (χ0v) is 12.5. The van der Waals surface area contributed by atoms with Gasteiger partial charge in [0.05, 0.1) is 15.9 Å². The van der Waals surface area contributed by atoms with E-state index in [1.54, 1.807) is 6.07 Å². The summed E-state index contributed by atoms with van der Waals surface area (Å²) in [5.74, 6) is -0.218. The Labute approximate surface area is 120 Å². The predicted molar refractivity (Wildman–Crippen MR) is 76.9 cm³/mol. The molecular formula is C12H15FIN3O. The van der Waals surface area contributed by atoms with Gasteiger partial charge in [-0.3, -0.25) is 0 Å². The standard InChI is InChI=1S/C12H15FIN3O/c1-17(2)4-3-5-18-10-6-9(16)8(7-15)11(13)12(10)14/h6H,3-5,16H2,1-2H3. The molecule has 0 aromatic heterocycles. The normalized spacial score (nSPS) is 10.4. The van der Waals surface area contributed by atoms with Crippen molar-refractivity contribution in [3.63, 3.8) is 0 Å². The minimum Gasteiger partial charge on any atom is -0.492 e. The smallest absolute Gasteiger partial charge is 0.160 e. The molecule has 0 atom stereocenters. The third-order valence-electron chi connectivity index (χ3n) is 2.32. The molecule has 0 heterocycles. The molecule has 0 aliphatic carbocycles. The number of nitrogen functional groups attached to an aromatic ring is 1. The fourth-order valence-corrected chi connectivity index (χ4v) is 1.98. The second-order valence-electron chi connectivity index (χ2n) is 4.08. The molecule has 2 N–H and O–H groups in total. The molecule has 18 heavy (non-hydrogen) atoms. The van der Waals surface area contributed by atoms with Gasteiger partial charge < -0.3 is 15.4 Å². The van der Waals surface area contributed by atoms with Crippen LogP contribution in [0.5, 0.6) is 5.75 Å². The maximum Gasteiger partial charge on any atom is 0.160 e. The van der Waals surface area contributed by atoms with E-state index in [4.69, 9.17) is 15.7 Å². The minimum atomic E-state index is -0.610. The second-order valence-corrected chi connectivity index (χ2v) is 5.16. The van der Waals surface area contributed by atoms with Crippen LogP contribution in [0.15, 0.2) is 6.07 Å². The molecule has 0 aliphatic heterocycles. The molecule has 0 aliphatic rings. The Kier molecular flexibility index (Phi) is 5.62. The van der Waals surface area contributed by atoms with Gasteiger partial charge in [-0.25, -0.2) is 4.39 Å². The van der Waals surface area contributed by atoms with Crippen LogP contribution in [-0.4, -0.2) is 32.1 Å². The summed E-state index contributed by atoms with van der Waals surface area (Å²) >= 11 is 1.82. The Hall–Kier alpha value is -1.07. The van der Waals surface area contributed by atoms with Gasteiger partial charge >= 0.3 is 0 Å². The summed E-state index contributed by atoms with van der Waals surface area (Å²) in [5, 5.41) is 8.77. The highest BCUT2D eigenvalue weighted by molar-refractivity contribution is 14.1. The molecule has 1 aromatic carbocycles. The summed E-state index contributed by atoms with van der Waals surface area (Å²) in [5.41, 5.74) is 5.58. The SMILES string of the molecule is CN(C)CCCOc1cc(N)c(C#N)c(F)c1I. The van der Waals surface area contributed by atoms with E-state index in [1.165, 1.54) is 6.07 Å². The average molecular weight is 363 g/mol. The molecular weight excluding hydrogens is 348 g/mol. The molecule has 4 nitrogen and oxygen atoms in total. The maximum absolute atomic E-state index is 13.8. The first-order chi connectivity index (χ1) is 8.47. The van der Waals surface area contributed by atoms with Crippen LogP contribution < -0.4 is 10.5 Å². The van der Waals surface area contributed by atoms with Crippen LogP contribution in [0.1, 0.15) is 12.0 Å². The van der Waals surface area contributed by atoms with Gasteiger partial charge in [-0.2, -0.15) is 5.26 Å². The second kappa shape index (κ2) is 6.75. The number of anilines is 1. The molecule has 0 unspecified atom stereocenters. The fourth-order valence-electron chi connectivity index (χ4n) is 1.40. The highest BCUT2D eigenvalue weighted by Gasteiger charge is 2.15. The Bertz CT molecular complexity index is 471. The lowest BCUT2D eigenvalue weighted by atomic mass is 10.2. The molecule has 0 spiro atoms. The molecule has 98 valence electrons. The molecule has 0 fully saturated rings. The lowest BCUT2D eigenvalue weighted by Gasteiger charge is -2.13. The highest BCUT2D eigenvalue weighted by atomic mass is 127. The van der Waals surface area contributed by atoms with E-state index < -0.39 is 5.82 Å². The monoisotopic (exact) mass is 363 g/mol. The van der Waals surface area contributed by atoms with Crippen LogP contribution in [0.25, 0.3) is 0 Å². The number of halogens is 2. The fraction of sp³-hybridized carbons (Fsp3) is 0.417. The summed E-state index contributed by atoms with van der Waals surface area (Å²) in [6.07, 6.45) is 0.838. The summed E-state index contributed by atoms with van der Waals surface area (Å²) in [6, 6.07) is 3.25. The van der Waals surface area contributed by atoms with E-state index in [-0.39, 0.29) is 11.3 Å². The van der Waals surface area contributed by atoms with Crippen LogP contribution >= 0.6 is 22.6 Å². The van der Waals surface area contributed by atoms with Gasteiger partial charge in [0.1, 0.15) is 17.4 Å². The van der Waals surface area contributed by atoms with Crippen LogP contribution in [0, 0.1) is 20.7 Å². The molecule has 0 radical (unpaired) electrons. The van der Waals surface area contributed by atoms with Gasteiger partial charge in [0, 0.05) is 12.6 Å². The number of nitrogens with two attached hydrogens (primary N) is 1. The molecule has 1 rings (SSSR count). The number of hydrogen-bond donors (Lipinski definition) is 1. The van der Waals surface area contributed by atoms with Gasteiger partial charge in [0.25, 0.3) is 0 Å². The molecule has 0 saturated carbocycles. The van der Waals surface area contributed by atoms with Crippen molar-refractivity contribution in [1.29, 1.82) is 5.26 Å². The Morgan fingerprint density at radius 3 is 2.78 bits per heavy atom. The number of nitrogens with zero attached hydrogens (tertiary/aromatic N) is 2. The van der Waals surface area contributed by atoms with Crippen molar-refractivity contribution >= 4 is 28.3 Å². The van der Waals surface area contributed by atoms with Gasteiger partial charge in [-0.1, -0.05) is 0 Å². The first kappa shape index (κ1) is 15.0. The van der Waals surface area contributed by atoms with E-state index in [1.807, 2.05) is 41.6 Å². The lowest BCUT2D eigenvalue weighted by Crippen LogP contribution is -2.16. The van der Waals surface area contributed by atoms with Gasteiger partial charge in [0.2, 0.25) is 0 Å². The van der Waals surface area contributed by atoms with Gasteiger partial charge in [-0.15, -0.1) is 0 Å². The zero-order valence-electron chi connectivity index (χ0n) is 10.3. The summed E-state index contributed by atoms with van der Waals surface area (Å²) in [4.78, 5) is 2.04. The number of hydrogen-bond acceptors (Lipinski definition) is 4. The van der Waals surface area contributed by atoms with Crippen molar-refractivity contribution < 1.29 is 9.13 Å². The molecule has 0 bridgehead atoms. The predicted octanol–water partition coefficient (Wildman–Crippen LogP) is 2.21. The zero-order chi connectivity index (χ0) is 13.7. The van der Waals surface area contributed by atoms with Gasteiger partial charge in [0.15, 0.2) is 5.82 Å². The van der Waals surface area contributed by atoms with Crippen LogP contribution in [-0.2, 0) is 0 Å². The summed E-state index contributed by atoms with van der Waals surface area (Å²) in [7, 11) is 3.95. The maximum atomic E-state index is 13.8. The quantitative estimate of drug-likeness (QED) is 0.495. The van der Waals surface area contributed by atoms with Crippen LogP contribution in [0.3, 0.4) is 0 Å². The minimum absolute atomic E-state index is 0.109. The van der Waals surface area contributed by atoms with Crippen molar-refractivity contribution in [2.75, 3.05) is 33.0 Å². The van der Waals surface area contributed by atoms with Crippen molar-refractivity contribution in [1.82, 2.24) is 4.90 Å². The molecule has 0 amide bonds. The van der Waals surface area contributed by atoms with E-state index in [9.17, 15) is 4.39 Å². The molecule has 1 aromatic rings. The van der Waals surface area contributed by atoms with E-state index in [0.29, 0.717) is 15.9 Å². The van der Waals surface area contributed by atoms with Crippen LogP contribution in [0.2, 0.25) is 0 Å². The van der Waals surface area contributed by atoms with Gasteiger partial charge in [-0.05, 0) is 43.1 Å². The Morgan fingerprint density at radius 1 is 1.56 bits per heavy atom. The average Bonchev–Trinajstić information content (AvgIpc) is 2.31. The van der Waals surface area contributed by atoms with E-state index >= 15 is 0 Å². The summed E-state index contributed by atoms with van der Waals surface area (Å²) in [6.45, 7) is 1.38. The summed E-state index contributed by atoms with van der Waals surface area (Å²) < 4.78 is 19.5. The largest absolute Gasteiger partial charge is 0.492 e. The first-order valence-electron chi connectivity index (χ1n) is 5.42. The van der Waals surface area contributed by atoms with Crippen LogP contribution in [0.4, 0.5) is 10.1 Å². The highest BCUT2D eigenvalue weighted by Crippen LogP contribution is 2.30. The van der Waals surface area contributed by atoms with E-state index in [2.05, 4.69) is 0 Å². The number of nitriles is 1. The molecule has 6 heteroatoms. The van der Waals surface area contributed by atoms with Crippen molar-refractivity contribution in [3.8, 4) is 11.8 Å². The van der Waals surface area contributed by atoms with E-state index in [0.717, 1.165) is 13.0 Å². The Morgan fingerprint density at radius 2 is 2.22 bits per heavy atom. The molecule has 0 saturated heterocycles. The van der Waals surface area contributed by atoms with Crippen molar-refractivity contribution in [2.45, 2.75) is 6.42 Å². The number of rotatable bonds is 5. The topological polar surface area (TPSA) is 62.3 Å². The van der Waals surface area contributed by atoms with Crippen molar-refractivity contribution in [3.05, 3.63) is 21.0 Å². The third kappa shape index (κ3) is 3.71. The Balaban J connectivity index is 2.76. The number of benzene rings is 1. The first-order valence-corrected chi connectivity index (χ1v) is 6.50. The number of ether oxygens (including phenoxy) is 1. The van der Waals surface area contributed by atoms with Crippen molar-refractivity contribution in [2.24, 2.45) is 0 Å². The lowest BCUT2D eigenvalue weighted by molar-refractivity contribution is 0.279.